The van der Waals surface area contributed by atoms with E-state index in [0.717, 1.165) is 12.1 Å². The van der Waals surface area contributed by atoms with Crippen LogP contribution >= 0.6 is 0 Å². The van der Waals surface area contributed by atoms with Gasteiger partial charge in [0.15, 0.2) is 5.78 Å². The molecule has 3 nitrogen and oxygen atoms in total. The summed E-state index contributed by atoms with van der Waals surface area (Å²) < 4.78 is 42.2. The lowest BCUT2D eigenvalue weighted by Gasteiger charge is -2.12. The van der Waals surface area contributed by atoms with Gasteiger partial charge in [-0.1, -0.05) is 25.1 Å². The fraction of sp³-hybridized carbons (Fsp3) is 0.429. The highest BCUT2D eigenvalue weighted by Crippen LogP contribution is 2.29. The van der Waals surface area contributed by atoms with Crippen LogP contribution in [0.25, 0.3) is 0 Å². The van der Waals surface area contributed by atoms with Gasteiger partial charge >= 0.3 is 12.1 Å². The zero-order valence-electron chi connectivity index (χ0n) is 11.2. The Labute approximate surface area is 114 Å². The van der Waals surface area contributed by atoms with E-state index in [1.807, 2.05) is 0 Å². The molecule has 1 aromatic rings. The van der Waals surface area contributed by atoms with Crippen LogP contribution in [0.3, 0.4) is 0 Å². The standard InChI is InChI=1S/C14H15F3O3/c1-3-11(13(19)20-2)12(18)8-9-5-4-6-10(7-9)14(15,16)17/h4-7,11H,3,8H2,1-2H3. The number of ether oxygens (including phenoxy) is 1. The third-order valence-electron chi connectivity index (χ3n) is 2.92. The van der Waals surface area contributed by atoms with Crippen LogP contribution in [0.15, 0.2) is 24.3 Å². The number of hydrogen-bond acceptors (Lipinski definition) is 3. The molecule has 0 radical (unpaired) electrons. The lowest BCUT2D eigenvalue weighted by Crippen LogP contribution is -2.26. The number of carbonyl (C=O) groups excluding carboxylic acids is 2. The first-order valence-electron chi connectivity index (χ1n) is 6.06. The number of alkyl halides is 3. The van der Waals surface area contributed by atoms with Crippen LogP contribution in [0.5, 0.6) is 0 Å². The molecule has 0 N–H and O–H groups in total. The minimum atomic E-state index is -4.45. The summed E-state index contributed by atoms with van der Waals surface area (Å²) in [6.07, 6.45) is -4.42. The van der Waals surface area contributed by atoms with Gasteiger partial charge in [-0.05, 0) is 18.1 Å². The molecule has 0 aromatic heterocycles. The number of methoxy groups -OCH3 is 1. The van der Waals surface area contributed by atoms with Gasteiger partial charge in [0.05, 0.1) is 12.7 Å². The summed E-state index contributed by atoms with van der Waals surface area (Å²) >= 11 is 0. The summed E-state index contributed by atoms with van der Waals surface area (Å²) in [5.41, 5.74) is -0.582. The Hall–Kier alpha value is -1.85. The fourth-order valence-corrected chi connectivity index (χ4v) is 1.85. The van der Waals surface area contributed by atoms with Crippen molar-refractivity contribution < 1.29 is 27.5 Å². The zero-order chi connectivity index (χ0) is 15.3. The Balaban J connectivity index is 2.88. The Morgan fingerprint density at radius 1 is 1.30 bits per heavy atom. The largest absolute Gasteiger partial charge is 0.468 e. The normalized spacial score (nSPS) is 12.8. The van der Waals surface area contributed by atoms with Crippen LogP contribution in [-0.2, 0) is 26.9 Å². The molecular weight excluding hydrogens is 273 g/mol. The molecule has 1 unspecified atom stereocenters. The van der Waals surface area contributed by atoms with Crippen molar-refractivity contribution >= 4 is 11.8 Å². The van der Waals surface area contributed by atoms with E-state index >= 15 is 0 Å². The summed E-state index contributed by atoms with van der Waals surface area (Å²) in [7, 11) is 1.17. The molecule has 0 aliphatic heterocycles. The smallest absolute Gasteiger partial charge is 0.416 e. The summed E-state index contributed by atoms with van der Waals surface area (Å²) in [5, 5.41) is 0. The first-order valence-corrected chi connectivity index (χ1v) is 6.06. The van der Waals surface area contributed by atoms with Gasteiger partial charge in [-0.15, -0.1) is 0 Å². The van der Waals surface area contributed by atoms with Crippen molar-refractivity contribution in [1.29, 1.82) is 0 Å². The molecule has 0 fully saturated rings. The van der Waals surface area contributed by atoms with E-state index in [1.165, 1.54) is 19.2 Å². The average Bonchev–Trinajstić information content (AvgIpc) is 2.38. The first kappa shape index (κ1) is 16.2. The number of benzene rings is 1. The number of carbonyl (C=O) groups is 2. The predicted octanol–water partition coefficient (Wildman–Crippen LogP) is 3.02. The van der Waals surface area contributed by atoms with E-state index in [-0.39, 0.29) is 18.4 Å². The number of halogens is 3. The third kappa shape index (κ3) is 4.08. The monoisotopic (exact) mass is 288 g/mol. The van der Waals surface area contributed by atoms with E-state index in [1.54, 1.807) is 6.92 Å². The Bertz CT molecular complexity index is 495. The molecule has 0 amide bonds. The van der Waals surface area contributed by atoms with Crippen LogP contribution < -0.4 is 0 Å². The quantitative estimate of drug-likeness (QED) is 0.618. The van der Waals surface area contributed by atoms with Gasteiger partial charge in [-0.3, -0.25) is 9.59 Å². The maximum absolute atomic E-state index is 12.6. The maximum Gasteiger partial charge on any atom is 0.416 e. The average molecular weight is 288 g/mol. The fourth-order valence-electron chi connectivity index (χ4n) is 1.85. The van der Waals surface area contributed by atoms with Crippen LogP contribution in [-0.4, -0.2) is 18.9 Å². The van der Waals surface area contributed by atoms with E-state index < -0.39 is 29.4 Å². The molecule has 0 aliphatic carbocycles. The highest BCUT2D eigenvalue weighted by atomic mass is 19.4. The van der Waals surface area contributed by atoms with Crippen molar-refractivity contribution in [2.75, 3.05) is 7.11 Å². The maximum atomic E-state index is 12.6. The molecule has 0 saturated heterocycles. The van der Waals surface area contributed by atoms with Crippen LogP contribution in [0.2, 0.25) is 0 Å². The minimum Gasteiger partial charge on any atom is -0.468 e. The van der Waals surface area contributed by atoms with E-state index in [4.69, 9.17) is 0 Å². The van der Waals surface area contributed by atoms with Gasteiger partial charge in [0.1, 0.15) is 5.92 Å². The highest BCUT2D eigenvalue weighted by Gasteiger charge is 2.31. The SMILES string of the molecule is CCC(C(=O)Cc1cccc(C(F)(F)F)c1)C(=O)OC. The predicted molar refractivity (Wildman–Crippen MR) is 66.0 cm³/mol. The van der Waals surface area contributed by atoms with Crippen molar-refractivity contribution in [3.63, 3.8) is 0 Å². The minimum absolute atomic E-state index is 0.225. The van der Waals surface area contributed by atoms with Gasteiger partial charge in [-0.25, -0.2) is 0 Å². The van der Waals surface area contributed by atoms with Crippen molar-refractivity contribution in [2.45, 2.75) is 25.9 Å². The Morgan fingerprint density at radius 2 is 1.95 bits per heavy atom. The van der Waals surface area contributed by atoms with Crippen LogP contribution in [0.4, 0.5) is 13.2 Å². The van der Waals surface area contributed by atoms with Crippen molar-refractivity contribution in [1.82, 2.24) is 0 Å². The molecule has 6 heteroatoms. The number of rotatable bonds is 5. The first-order chi connectivity index (χ1) is 9.29. The Kier molecular flexibility index (Phi) is 5.30. The number of Topliss-reactive ketones (excluding diaryl/α,β-unsaturated/α-hetero) is 1. The summed E-state index contributed by atoms with van der Waals surface area (Å²) in [4.78, 5) is 23.3. The molecule has 1 atom stereocenters. The van der Waals surface area contributed by atoms with Crippen molar-refractivity contribution in [2.24, 2.45) is 5.92 Å². The lowest BCUT2D eigenvalue weighted by atomic mass is 9.95. The van der Waals surface area contributed by atoms with Crippen molar-refractivity contribution in [3.8, 4) is 0 Å². The molecular formula is C14H15F3O3. The second kappa shape index (κ2) is 6.54. The molecule has 1 rings (SSSR count). The van der Waals surface area contributed by atoms with Gasteiger partial charge in [0.25, 0.3) is 0 Å². The topological polar surface area (TPSA) is 43.4 Å². The van der Waals surface area contributed by atoms with E-state index in [2.05, 4.69) is 4.74 Å². The van der Waals surface area contributed by atoms with Gasteiger partial charge < -0.3 is 4.74 Å². The van der Waals surface area contributed by atoms with Gasteiger partial charge in [0, 0.05) is 6.42 Å². The van der Waals surface area contributed by atoms with E-state index in [0.29, 0.717) is 0 Å². The second-order valence-corrected chi connectivity index (χ2v) is 4.33. The van der Waals surface area contributed by atoms with Crippen LogP contribution in [0.1, 0.15) is 24.5 Å². The Morgan fingerprint density at radius 3 is 2.45 bits per heavy atom. The third-order valence-corrected chi connectivity index (χ3v) is 2.92. The molecule has 110 valence electrons. The molecule has 1 aromatic carbocycles. The number of ketones is 1. The molecule has 0 spiro atoms. The molecule has 0 saturated carbocycles. The van der Waals surface area contributed by atoms with Crippen LogP contribution in [0, 0.1) is 5.92 Å². The number of esters is 1. The summed E-state index contributed by atoms with van der Waals surface area (Å²) in [6.45, 7) is 1.64. The summed E-state index contributed by atoms with van der Waals surface area (Å²) in [5.74, 6) is -2.04. The number of hydrogen-bond donors (Lipinski definition) is 0. The second-order valence-electron chi connectivity index (χ2n) is 4.33. The molecule has 0 bridgehead atoms. The van der Waals surface area contributed by atoms with Gasteiger partial charge in [-0.2, -0.15) is 13.2 Å². The molecule has 0 aliphatic rings. The summed E-state index contributed by atoms with van der Waals surface area (Å²) in [6, 6.07) is 4.52. The zero-order valence-corrected chi connectivity index (χ0v) is 11.2. The molecule has 0 heterocycles. The van der Waals surface area contributed by atoms with E-state index in [9.17, 15) is 22.8 Å². The lowest BCUT2D eigenvalue weighted by molar-refractivity contribution is -0.149. The van der Waals surface area contributed by atoms with Crippen molar-refractivity contribution in [3.05, 3.63) is 35.4 Å². The highest BCUT2D eigenvalue weighted by molar-refractivity contribution is 5.99. The molecule has 20 heavy (non-hydrogen) atoms. The van der Waals surface area contributed by atoms with Gasteiger partial charge in [0.2, 0.25) is 0 Å².